The van der Waals surface area contributed by atoms with E-state index in [0.29, 0.717) is 11.4 Å². The monoisotopic (exact) mass is 535 g/mol. The summed E-state index contributed by atoms with van der Waals surface area (Å²) in [5, 5.41) is 11.3. The number of rotatable bonds is 9. The Hall–Kier alpha value is -4.63. The Kier molecular flexibility index (Phi) is 8.41. The predicted octanol–water partition coefficient (Wildman–Crippen LogP) is 4.67. The van der Waals surface area contributed by atoms with Gasteiger partial charge in [0.25, 0.3) is 5.91 Å². The molecule has 0 saturated carbocycles. The number of likely N-dealkylation sites (tertiary alicyclic amines) is 1. The first-order chi connectivity index (χ1) is 19.4. The van der Waals surface area contributed by atoms with E-state index >= 15 is 0 Å². The highest BCUT2D eigenvalue weighted by Crippen LogP contribution is 2.19. The van der Waals surface area contributed by atoms with Gasteiger partial charge in [0, 0.05) is 42.7 Å². The highest BCUT2D eigenvalue weighted by Gasteiger charge is 2.14. The molecule has 1 N–H and O–H groups in total. The number of aryl methyl sites for hydroxylation is 1. The summed E-state index contributed by atoms with van der Waals surface area (Å²) in [5.41, 5.74) is 4.77. The first-order valence-electron chi connectivity index (χ1n) is 13.5. The van der Waals surface area contributed by atoms with Gasteiger partial charge in [-0.2, -0.15) is 0 Å². The number of nitrogens with zero attached hydrogens (tertiary/aromatic N) is 6. The van der Waals surface area contributed by atoms with Crippen LogP contribution in [0.15, 0.2) is 79.1 Å². The van der Waals surface area contributed by atoms with E-state index in [1.165, 1.54) is 18.9 Å². The molecule has 0 bridgehead atoms. The molecule has 0 spiro atoms. The van der Waals surface area contributed by atoms with Crippen molar-refractivity contribution in [1.29, 1.82) is 0 Å². The third kappa shape index (κ3) is 6.86. The topological polar surface area (TPSA) is 96.2 Å². The second kappa shape index (κ2) is 12.5. The number of benzene rings is 2. The minimum Gasteiger partial charge on any atom is -0.311 e. The molecule has 9 heteroatoms. The van der Waals surface area contributed by atoms with Crippen LogP contribution in [0.5, 0.6) is 0 Å². The van der Waals surface area contributed by atoms with Crippen LogP contribution in [0.3, 0.4) is 0 Å². The summed E-state index contributed by atoms with van der Waals surface area (Å²) in [6.07, 6.45) is 9.24. The van der Waals surface area contributed by atoms with E-state index < -0.39 is 0 Å². The number of hydrogen-bond acceptors (Lipinski definition) is 6. The summed E-state index contributed by atoms with van der Waals surface area (Å²) in [6.45, 7) is 6.09. The van der Waals surface area contributed by atoms with Crippen LogP contribution in [-0.4, -0.2) is 63.4 Å². The quantitative estimate of drug-likeness (QED) is 0.313. The van der Waals surface area contributed by atoms with Crippen molar-refractivity contribution in [2.75, 3.05) is 36.9 Å². The number of anilines is 2. The van der Waals surface area contributed by atoms with Gasteiger partial charge in [0.2, 0.25) is 5.91 Å². The number of nitrogens with one attached hydrogen (secondary N) is 1. The van der Waals surface area contributed by atoms with Crippen LogP contribution >= 0.6 is 0 Å². The summed E-state index contributed by atoms with van der Waals surface area (Å²) < 4.78 is 1.86. The number of carbonyl (C=O) groups excluding carboxylic acids is 2. The van der Waals surface area contributed by atoms with E-state index in [1.54, 1.807) is 48.5 Å². The molecule has 1 fully saturated rings. The smallest absolute Gasteiger partial charge is 0.258 e. The van der Waals surface area contributed by atoms with Crippen molar-refractivity contribution in [3.05, 3.63) is 95.8 Å². The van der Waals surface area contributed by atoms with Crippen molar-refractivity contribution in [3.8, 4) is 11.3 Å². The number of amides is 2. The molecule has 2 aromatic carbocycles. The van der Waals surface area contributed by atoms with Crippen LogP contribution in [0.2, 0.25) is 0 Å². The van der Waals surface area contributed by atoms with Crippen molar-refractivity contribution in [3.63, 3.8) is 0 Å². The van der Waals surface area contributed by atoms with Gasteiger partial charge in [-0.25, -0.2) is 4.98 Å². The average Bonchev–Trinajstić information content (AvgIpc) is 3.67. The van der Waals surface area contributed by atoms with E-state index in [0.717, 1.165) is 54.3 Å². The molecule has 9 nitrogen and oxygen atoms in total. The maximum Gasteiger partial charge on any atom is 0.258 e. The lowest BCUT2D eigenvalue weighted by Crippen LogP contribution is -2.26. The Bertz CT molecular complexity index is 1500. The highest BCUT2D eigenvalue weighted by molar-refractivity contribution is 6.06. The molecular formula is C31H33N7O2. The van der Waals surface area contributed by atoms with Crippen LogP contribution < -0.4 is 10.2 Å². The van der Waals surface area contributed by atoms with E-state index in [-0.39, 0.29) is 11.8 Å². The van der Waals surface area contributed by atoms with Gasteiger partial charge in [0.1, 0.15) is 11.5 Å². The third-order valence-electron chi connectivity index (χ3n) is 6.95. The molecule has 0 atom stereocenters. The zero-order chi connectivity index (χ0) is 27.9. The van der Waals surface area contributed by atoms with Gasteiger partial charge in [-0.1, -0.05) is 29.5 Å². The van der Waals surface area contributed by atoms with Gasteiger partial charge in [-0.05, 0) is 86.5 Å². The van der Waals surface area contributed by atoms with Crippen molar-refractivity contribution in [2.24, 2.45) is 0 Å². The molecule has 2 amide bonds. The fraction of sp³-hybridized carbons (Fsp3) is 0.258. The molecule has 3 heterocycles. The normalized spacial score (nSPS) is 13.6. The summed E-state index contributed by atoms with van der Waals surface area (Å²) >= 11 is 0. The van der Waals surface area contributed by atoms with Gasteiger partial charge in [0.05, 0.1) is 12.7 Å². The lowest BCUT2D eigenvalue weighted by atomic mass is 10.1. The Morgan fingerprint density at radius 3 is 2.62 bits per heavy atom. The van der Waals surface area contributed by atoms with Crippen molar-refractivity contribution in [1.82, 2.24) is 24.9 Å². The second-order valence-electron chi connectivity index (χ2n) is 10.00. The molecule has 0 aliphatic carbocycles. The molecule has 4 aromatic rings. The van der Waals surface area contributed by atoms with Gasteiger partial charge >= 0.3 is 0 Å². The predicted molar refractivity (Wildman–Crippen MR) is 157 cm³/mol. The number of carbonyl (C=O) groups is 2. The largest absolute Gasteiger partial charge is 0.311 e. The molecule has 5 rings (SSSR count). The van der Waals surface area contributed by atoms with Gasteiger partial charge < -0.3 is 15.1 Å². The van der Waals surface area contributed by atoms with Crippen LogP contribution in [0.25, 0.3) is 17.3 Å². The van der Waals surface area contributed by atoms with Crippen LogP contribution in [-0.2, 0) is 11.3 Å². The summed E-state index contributed by atoms with van der Waals surface area (Å²) in [4.78, 5) is 34.0. The number of aromatic nitrogens is 4. The molecule has 2 aromatic heterocycles. The molecular weight excluding hydrogens is 502 g/mol. The zero-order valence-corrected chi connectivity index (χ0v) is 22.8. The fourth-order valence-electron chi connectivity index (χ4n) is 4.67. The average molecular weight is 536 g/mol. The van der Waals surface area contributed by atoms with Crippen molar-refractivity contribution >= 4 is 29.4 Å². The summed E-state index contributed by atoms with van der Waals surface area (Å²) in [6, 6.07) is 18.6. The van der Waals surface area contributed by atoms with E-state index in [4.69, 9.17) is 0 Å². The molecule has 40 heavy (non-hydrogen) atoms. The number of pyridine rings is 1. The van der Waals surface area contributed by atoms with Gasteiger partial charge in [-0.3, -0.25) is 14.3 Å². The second-order valence-corrected chi connectivity index (χ2v) is 10.00. The molecule has 0 unspecified atom stereocenters. The number of hydrogen-bond donors (Lipinski definition) is 1. The lowest BCUT2D eigenvalue weighted by molar-refractivity contribution is -0.111. The maximum atomic E-state index is 13.0. The van der Waals surface area contributed by atoms with Gasteiger partial charge in [0.15, 0.2) is 0 Å². The highest BCUT2D eigenvalue weighted by atomic mass is 16.2. The summed E-state index contributed by atoms with van der Waals surface area (Å²) in [7, 11) is 1.75. The SMILES string of the molecule is Cc1cccc(N(C)C(=O)c2cccc(/C=C/C(=O)Nc3ccc(-c4cn(CCN5CCCC5)nn4)cn3)c2)c1. The maximum absolute atomic E-state index is 13.0. The third-order valence-corrected chi connectivity index (χ3v) is 6.95. The molecule has 1 aliphatic rings. The first-order valence-corrected chi connectivity index (χ1v) is 13.5. The molecule has 204 valence electrons. The molecule has 0 radical (unpaired) electrons. The molecule has 1 saturated heterocycles. The van der Waals surface area contributed by atoms with Crippen molar-refractivity contribution < 1.29 is 9.59 Å². The van der Waals surface area contributed by atoms with Crippen LogP contribution in [0.4, 0.5) is 11.5 Å². The van der Waals surface area contributed by atoms with Crippen LogP contribution in [0.1, 0.15) is 34.3 Å². The van der Waals surface area contributed by atoms with Gasteiger partial charge in [-0.15, -0.1) is 5.10 Å². The lowest BCUT2D eigenvalue weighted by Gasteiger charge is -2.18. The van der Waals surface area contributed by atoms with E-state index in [1.807, 2.05) is 54.2 Å². The minimum absolute atomic E-state index is 0.124. The van der Waals surface area contributed by atoms with E-state index in [9.17, 15) is 9.59 Å². The first kappa shape index (κ1) is 27.0. The molecule has 1 aliphatic heterocycles. The van der Waals surface area contributed by atoms with Crippen LogP contribution in [0, 0.1) is 6.92 Å². The fourth-order valence-corrected chi connectivity index (χ4v) is 4.67. The summed E-state index contributed by atoms with van der Waals surface area (Å²) in [5.74, 6) is -0.00790. The Labute approximate surface area is 234 Å². The minimum atomic E-state index is -0.318. The Balaban J connectivity index is 1.16. The van der Waals surface area contributed by atoms with E-state index in [2.05, 4.69) is 25.5 Å². The Morgan fingerprint density at radius 1 is 1.02 bits per heavy atom. The standard InChI is InChI=1S/C31H33N7O2/c1-23-7-5-10-27(19-23)36(2)31(40)25-9-6-8-24(20-25)11-14-30(39)33-29-13-12-26(21-32-29)28-22-38(35-34-28)18-17-37-15-3-4-16-37/h5-14,19-22H,3-4,15-18H2,1-2H3,(H,32,33,39)/b14-11+. The zero-order valence-electron chi connectivity index (χ0n) is 22.8. The Morgan fingerprint density at radius 2 is 1.85 bits per heavy atom. The van der Waals surface area contributed by atoms with Crippen molar-refractivity contribution in [2.45, 2.75) is 26.3 Å².